The molecule has 0 radical (unpaired) electrons. The second-order valence-corrected chi connectivity index (χ2v) is 9.79. The van der Waals surface area contributed by atoms with E-state index in [-0.39, 0.29) is 23.9 Å². The molecule has 5 heteroatoms. The minimum atomic E-state index is -0.550. The fourth-order valence-electron chi connectivity index (χ4n) is 4.37. The maximum atomic E-state index is 13.2. The number of aryl methyl sites for hydroxylation is 1. The number of fused-ring (bicyclic) bond motifs is 1. The Morgan fingerprint density at radius 2 is 1.79 bits per heavy atom. The molecule has 0 unspecified atom stereocenters. The number of benzene rings is 2. The van der Waals surface area contributed by atoms with Crippen molar-refractivity contribution in [2.75, 3.05) is 6.54 Å². The maximum Gasteiger partial charge on any atom is 0.261 e. The maximum absolute atomic E-state index is 13.2. The smallest absolute Gasteiger partial charge is 0.261 e. The van der Waals surface area contributed by atoms with Gasteiger partial charge in [0.1, 0.15) is 5.75 Å². The molecule has 1 aliphatic heterocycles. The van der Waals surface area contributed by atoms with Crippen LogP contribution in [0.25, 0.3) is 0 Å². The molecule has 2 aromatic carbocycles. The van der Waals surface area contributed by atoms with Gasteiger partial charge in [-0.25, -0.2) is 0 Å². The van der Waals surface area contributed by atoms with Crippen LogP contribution < -0.4 is 10.1 Å². The number of carbonyl (C=O) groups excluding carboxylic acids is 2. The van der Waals surface area contributed by atoms with E-state index in [1.54, 1.807) is 0 Å². The number of ether oxygens (including phenoxy) is 1. The van der Waals surface area contributed by atoms with Crippen molar-refractivity contribution < 1.29 is 14.3 Å². The van der Waals surface area contributed by atoms with Crippen LogP contribution in [0.4, 0.5) is 0 Å². The van der Waals surface area contributed by atoms with Gasteiger partial charge in [0.05, 0.1) is 6.04 Å². The first-order chi connectivity index (χ1) is 15.7. The highest BCUT2D eigenvalue weighted by atomic mass is 16.5. The van der Waals surface area contributed by atoms with Crippen LogP contribution in [-0.2, 0) is 16.0 Å². The van der Waals surface area contributed by atoms with Gasteiger partial charge in [-0.05, 0) is 68.4 Å². The SMILES string of the molecule is CC[C@H](Oc1ccc2c(c1)[C@@H](c1ccc(C)cc1)N(C(=O)CC(C)C)CC2)C(=O)NC(C)C. The molecule has 2 amide bonds. The standard InChI is InChI=1S/C28H38N2O3/c1-7-25(28(32)29-19(4)5)33-23-13-12-21-14-15-30(26(31)16-18(2)3)27(24(21)17-23)22-10-8-20(6)9-11-22/h8-13,17-19,25,27H,7,14-16H2,1-6H3,(H,29,32)/t25-,27+/m0/s1. The van der Waals surface area contributed by atoms with Crippen LogP contribution >= 0.6 is 0 Å². The normalized spacial score (nSPS) is 16.5. The summed E-state index contributed by atoms with van der Waals surface area (Å²) >= 11 is 0. The van der Waals surface area contributed by atoms with Gasteiger partial charge < -0.3 is 15.0 Å². The predicted molar refractivity (Wildman–Crippen MR) is 132 cm³/mol. The van der Waals surface area contributed by atoms with Crippen molar-refractivity contribution in [2.24, 2.45) is 5.92 Å². The Morgan fingerprint density at radius 3 is 2.39 bits per heavy atom. The van der Waals surface area contributed by atoms with Crippen molar-refractivity contribution in [2.45, 2.75) is 79.0 Å². The van der Waals surface area contributed by atoms with E-state index >= 15 is 0 Å². The van der Waals surface area contributed by atoms with Gasteiger partial charge in [-0.2, -0.15) is 0 Å². The Labute approximate surface area is 198 Å². The molecule has 2 atom stereocenters. The molecule has 0 aromatic heterocycles. The van der Waals surface area contributed by atoms with Gasteiger partial charge in [0.25, 0.3) is 5.91 Å². The molecule has 1 heterocycles. The number of amides is 2. The summed E-state index contributed by atoms with van der Waals surface area (Å²) in [6.07, 6.45) is 1.37. The van der Waals surface area contributed by atoms with Crippen molar-refractivity contribution in [3.05, 3.63) is 64.7 Å². The number of nitrogens with one attached hydrogen (secondary N) is 1. The van der Waals surface area contributed by atoms with E-state index in [2.05, 4.69) is 56.4 Å². The summed E-state index contributed by atoms with van der Waals surface area (Å²) in [4.78, 5) is 27.8. The Kier molecular flexibility index (Phi) is 8.17. The van der Waals surface area contributed by atoms with E-state index in [0.29, 0.717) is 31.1 Å². The quantitative estimate of drug-likeness (QED) is 0.602. The van der Waals surface area contributed by atoms with Gasteiger partial charge in [0, 0.05) is 19.0 Å². The molecule has 1 N–H and O–H groups in total. The molecular weight excluding hydrogens is 412 g/mol. The van der Waals surface area contributed by atoms with Crippen LogP contribution in [0, 0.1) is 12.8 Å². The lowest BCUT2D eigenvalue weighted by molar-refractivity contribution is -0.134. The summed E-state index contributed by atoms with van der Waals surface area (Å²) in [6.45, 7) is 12.8. The van der Waals surface area contributed by atoms with Crippen LogP contribution in [0.5, 0.6) is 5.75 Å². The molecule has 2 aromatic rings. The van der Waals surface area contributed by atoms with E-state index < -0.39 is 6.10 Å². The summed E-state index contributed by atoms with van der Waals surface area (Å²) in [7, 11) is 0. The average molecular weight is 451 g/mol. The number of hydrogen-bond acceptors (Lipinski definition) is 3. The lowest BCUT2D eigenvalue weighted by Gasteiger charge is -2.38. The molecule has 178 valence electrons. The lowest BCUT2D eigenvalue weighted by Crippen LogP contribution is -2.42. The molecular formula is C28H38N2O3. The molecule has 1 aliphatic rings. The second kappa shape index (κ2) is 10.9. The van der Waals surface area contributed by atoms with Gasteiger partial charge in [0.2, 0.25) is 5.91 Å². The van der Waals surface area contributed by atoms with E-state index in [1.807, 2.05) is 37.8 Å². The van der Waals surface area contributed by atoms with Crippen molar-refractivity contribution in [3.63, 3.8) is 0 Å². The van der Waals surface area contributed by atoms with E-state index in [0.717, 1.165) is 17.5 Å². The fraction of sp³-hybridized carbons (Fsp3) is 0.500. The van der Waals surface area contributed by atoms with Gasteiger partial charge in [-0.3, -0.25) is 9.59 Å². The molecule has 5 nitrogen and oxygen atoms in total. The Morgan fingerprint density at radius 1 is 1.09 bits per heavy atom. The first-order valence-electron chi connectivity index (χ1n) is 12.2. The minimum absolute atomic E-state index is 0.0603. The third kappa shape index (κ3) is 6.16. The number of hydrogen-bond donors (Lipinski definition) is 1. The van der Waals surface area contributed by atoms with Crippen LogP contribution in [0.1, 0.15) is 75.8 Å². The molecule has 33 heavy (non-hydrogen) atoms. The summed E-state index contributed by atoms with van der Waals surface area (Å²) in [6, 6.07) is 14.4. The van der Waals surface area contributed by atoms with Gasteiger partial charge >= 0.3 is 0 Å². The number of rotatable bonds is 8. The van der Waals surface area contributed by atoms with Gasteiger partial charge in [-0.1, -0.05) is 56.7 Å². The van der Waals surface area contributed by atoms with Crippen molar-refractivity contribution in [1.82, 2.24) is 10.2 Å². The molecule has 0 fully saturated rings. The summed E-state index contributed by atoms with van der Waals surface area (Å²) in [5.41, 5.74) is 4.59. The van der Waals surface area contributed by atoms with Crippen LogP contribution in [-0.4, -0.2) is 35.4 Å². The van der Waals surface area contributed by atoms with Gasteiger partial charge in [-0.15, -0.1) is 0 Å². The molecule has 0 bridgehead atoms. The zero-order chi connectivity index (χ0) is 24.1. The second-order valence-electron chi connectivity index (χ2n) is 9.79. The zero-order valence-corrected chi connectivity index (χ0v) is 20.9. The molecule has 0 saturated carbocycles. The highest BCUT2D eigenvalue weighted by molar-refractivity contribution is 5.81. The average Bonchev–Trinajstić information content (AvgIpc) is 2.76. The van der Waals surface area contributed by atoms with E-state index in [9.17, 15) is 9.59 Å². The van der Waals surface area contributed by atoms with E-state index in [4.69, 9.17) is 4.74 Å². The van der Waals surface area contributed by atoms with Crippen LogP contribution in [0.3, 0.4) is 0 Å². The largest absolute Gasteiger partial charge is 0.481 e. The molecule has 0 saturated heterocycles. The summed E-state index contributed by atoms with van der Waals surface area (Å²) in [5.74, 6) is 1.04. The zero-order valence-electron chi connectivity index (χ0n) is 20.9. The van der Waals surface area contributed by atoms with E-state index in [1.165, 1.54) is 11.1 Å². The predicted octanol–water partition coefficient (Wildman–Crippen LogP) is 5.20. The number of nitrogens with zero attached hydrogens (tertiary/aromatic N) is 1. The first kappa shape index (κ1) is 24.8. The first-order valence-corrected chi connectivity index (χ1v) is 12.2. The summed E-state index contributed by atoms with van der Waals surface area (Å²) in [5, 5.41) is 2.94. The molecule has 3 rings (SSSR count). The minimum Gasteiger partial charge on any atom is -0.481 e. The third-order valence-corrected chi connectivity index (χ3v) is 6.01. The molecule has 0 spiro atoms. The van der Waals surface area contributed by atoms with Crippen molar-refractivity contribution in [3.8, 4) is 5.75 Å². The monoisotopic (exact) mass is 450 g/mol. The Balaban J connectivity index is 1.98. The van der Waals surface area contributed by atoms with Crippen molar-refractivity contribution in [1.29, 1.82) is 0 Å². The van der Waals surface area contributed by atoms with Gasteiger partial charge in [0.15, 0.2) is 6.10 Å². The number of carbonyl (C=O) groups is 2. The highest BCUT2D eigenvalue weighted by Crippen LogP contribution is 2.38. The molecule has 0 aliphatic carbocycles. The Hall–Kier alpha value is -2.82. The highest BCUT2D eigenvalue weighted by Gasteiger charge is 2.33. The lowest BCUT2D eigenvalue weighted by atomic mass is 9.87. The topological polar surface area (TPSA) is 58.6 Å². The third-order valence-electron chi connectivity index (χ3n) is 6.01. The fourth-order valence-corrected chi connectivity index (χ4v) is 4.37. The Bertz CT molecular complexity index is 966. The summed E-state index contributed by atoms with van der Waals surface area (Å²) < 4.78 is 6.14. The van der Waals surface area contributed by atoms with Crippen LogP contribution in [0.2, 0.25) is 0 Å². The van der Waals surface area contributed by atoms with Crippen molar-refractivity contribution >= 4 is 11.8 Å². The van der Waals surface area contributed by atoms with Crippen LogP contribution in [0.15, 0.2) is 42.5 Å².